The Balaban J connectivity index is 1.64. The standard InChI is InChI=1S/C17H20N4O4S/c1-2-25-14-5-3-12(4-6-14)19-16(22)15-7-9-18-17(21-15)20-13-8-10-26(23,24)11-13/h3-7,9,13H,2,8,10-11H2,1H3,(H,19,22)(H,18,20,21). The minimum Gasteiger partial charge on any atom is -0.494 e. The Hall–Kier alpha value is -2.68. The summed E-state index contributed by atoms with van der Waals surface area (Å²) >= 11 is 0. The van der Waals surface area contributed by atoms with Gasteiger partial charge in [0.2, 0.25) is 5.95 Å². The van der Waals surface area contributed by atoms with Crippen molar-refractivity contribution in [2.75, 3.05) is 28.7 Å². The summed E-state index contributed by atoms with van der Waals surface area (Å²) in [4.78, 5) is 20.6. The Morgan fingerprint density at radius 1 is 1.27 bits per heavy atom. The molecule has 1 aliphatic heterocycles. The first-order chi connectivity index (χ1) is 12.4. The summed E-state index contributed by atoms with van der Waals surface area (Å²) in [6.45, 7) is 2.47. The lowest BCUT2D eigenvalue weighted by Crippen LogP contribution is -2.23. The van der Waals surface area contributed by atoms with Crippen molar-refractivity contribution in [1.29, 1.82) is 0 Å². The summed E-state index contributed by atoms with van der Waals surface area (Å²) in [6.07, 6.45) is 1.97. The molecule has 2 heterocycles. The van der Waals surface area contributed by atoms with Gasteiger partial charge in [0.1, 0.15) is 11.4 Å². The third-order valence-corrected chi connectivity index (χ3v) is 5.65. The highest BCUT2D eigenvalue weighted by Gasteiger charge is 2.28. The average Bonchev–Trinajstić information content (AvgIpc) is 2.95. The van der Waals surface area contributed by atoms with E-state index in [2.05, 4.69) is 20.6 Å². The predicted octanol–water partition coefficient (Wildman–Crippen LogP) is 1.73. The van der Waals surface area contributed by atoms with Gasteiger partial charge in [-0.15, -0.1) is 0 Å². The van der Waals surface area contributed by atoms with Crippen LogP contribution in [0.1, 0.15) is 23.8 Å². The highest BCUT2D eigenvalue weighted by Crippen LogP contribution is 2.17. The van der Waals surface area contributed by atoms with Crippen LogP contribution in [-0.2, 0) is 9.84 Å². The Labute approximate surface area is 151 Å². The monoisotopic (exact) mass is 376 g/mol. The molecular weight excluding hydrogens is 356 g/mol. The molecule has 9 heteroatoms. The van der Waals surface area contributed by atoms with Crippen molar-refractivity contribution >= 4 is 27.4 Å². The zero-order chi connectivity index (χ0) is 18.6. The molecule has 0 saturated carbocycles. The Bertz CT molecular complexity index is 884. The van der Waals surface area contributed by atoms with Gasteiger partial charge >= 0.3 is 0 Å². The zero-order valence-corrected chi connectivity index (χ0v) is 15.1. The van der Waals surface area contributed by atoms with Crippen molar-refractivity contribution in [3.63, 3.8) is 0 Å². The number of carbonyl (C=O) groups excluding carboxylic acids is 1. The first-order valence-electron chi connectivity index (χ1n) is 8.29. The van der Waals surface area contributed by atoms with Crippen LogP contribution in [0.5, 0.6) is 5.75 Å². The minimum absolute atomic E-state index is 0.0545. The molecular formula is C17H20N4O4S. The molecule has 1 aliphatic rings. The molecule has 8 nitrogen and oxygen atoms in total. The Kier molecular flexibility index (Phi) is 5.36. The third-order valence-electron chi connectivity index (χ3n) is 3.88. The van der Waals surface area contributed by atoms with Gasteiger partial charge in [-0.3, -0.25) is 4.79 Å². The summed E-state index contributed by atoms with van der Waals surface area (Å²) in [7, 11) is -3.00. The van der Waals surface area contributed by atoms with Crippen LogP contribution in [0, 0.1) is 0 Å². The van der Waals surface area contributed by atoms with Crippen LogP contribution in [-0.4, -0.2) is 48.4 Å². The van der Waals surface area contributed by atoms with E-state index in [0.29, 0.717) is 18.7 Å². The van der Waals surface area contributed by atoms with Crippen molar-refractivity contribution < 1.29 is 17.9 Å². The second-order valence-electron chi connectivity index (χ2n) is 5.92. The maximum atomic E-state index is 12.4. The fraction of sp³-hybridized carbons (Fsp3) is 0.353. The molecule has 3 rings (SSSR count). The van der Waals surface area contributed by atoms with Crippen LogP contribution in [0.25, 0.3) is 0 Å². The quantitative estimate of drug-likeness (QED) is 0.790. The van der Waals surface area contributed by atoms with Crippen LogP contribution in [0.15, 0.2) is 36.5 Å². The summed E-state index contributed by atoms with van der Waals surface area (Å²) in [5.41, 5.74) is 0.811. The van der Waals surface area contributed by atoms with Crippen LogP contribution < -0.4 is 15.4 Å². The van der Waals surface area contributed by atoms with E-state index in [1.807, 2.05) is 6.92 Å². The van der Waals surface area contributed by atoms with E-state index in [1.54, 1.807) is 24.3 Å². The summed E-state index contributed by atoms with van der Waals surface area (Å²) in [6, 6.07) is 8.29. The fourth-order valence-corrected chi connectivity index (χ4v) is 4.32. The van der Waals surface area contributed by atoms with Crippen LogP contribution in [0.4, 0.5) is 11.6 Å². The molecule has 0 bridgehead atoms. The second kappa shape index (κ2) is 7.69. The Morgan fingerprint density at radius 3 is 2.69 bits per heavy atom. The van der Waals surface area contributed by atoms with E-state index in [0.717, 1.165) is 5.75 Å². The van der Waals surface area contributed by atoms with E-state index in [1.165, 1.54) is 12.3 Å². The molecule has 26 heavy (non-hydrogen) atoms. The van der Waals surface area contributed by atoms with E-state index in [9.17, 15) is 13.2 Å². The molecule has 1 saturated heterocycles. The maximum absolute atomic E-state index is 12.4. The van der Waals surface area contributed by atoms with Crippen LogP contribution in [0.2, 0.25) is 0 Å². The van der Waals surface area contributed by atoms with Gasteiger partial charge in [0.25, 0.3) is 5.91 Å². The van der Waals surface area contributed by atoms with E-state index < -0.39 is 9.84 Å². The van der Waals surface area contributed by atoms with Gasteiger partial charge in [-0.2, -0.15) is 0 Å². The van der Waals surface area contributed by atoms with E-state index in [4.69, 9.17) is 4.74 Å². The van der Waals surface area contributed by atoms with Crippen molar-refractivity contribution in [3.8, 4) is 5.75 Å². The summed E-state index contributed by atoms with van der Waals surface area (Å²) in [5, 5.41) is 5.73. The van der Waals surface area contributed by atoms with Gasteiger partial charge in [0.05, 0.1) is 18.1 Å². The van der Waals surface area contributed by atoms with Gasteiger partial charge in [-0.05, 0) is 43.7 Å². The molecule has 0 aliphatic carbocycles. The number of nitrogens with zero attached hydrogens (tertiary/aromatic N) is 2. The normalized spacial score (nSPS) is 18.3. The molecule has 1 aromatic carbocycles. The SMILES string of the molecule is CCOc1ccc(NC(=O)c2ccnc(NC3CCS(=O)(=O)C3)n2)cc1. The lowest BCUT2D eigenvalue weighted by Gasteiger charge is -2.11. The third kappa shape index (κ3) is 4.69. The first kappa shape index (κ1) is 18.1. The number of ether oxygens (including phenoxy) is 1. The van der Waals surface area contributed by atoms with Gasteiger partial charge in [0.15, 0.2) is 9.84 Å². The minimum atomic E-state index is -3.00. The lowest BCUT2D eigenvalue weighted by molar-refractivity contribution is 0.102. The summed E-state index contributed by atoms with van der Waals surface area (Å²) < 4.78 is 28.4. The molecule has 2 aromatic rings. The molecule has 1 unspecified atom stereocenters. The predicted molar refractivity (Wildman–Crippen MR) is 98.3 cm³/mol. The number of amides is 1. The molecule has 1 aromatic heterocycles. The molecule has 1 atom stereocenters. The number of hydrogen-bond acceptors (Lipinski definition) is 7. The van der Waals surface area contributed by atoms with Gasteiger partial charge in [-0.25, -0.2) is 18.4 Å². The number of benzene rings is 1. The number of aromatic nitrogens is 2. The summed E-state index contributed by atoms with van der Waals surface area (Å²) in [5.74, 6) is 0.803. The van der Waals surface area contributed by atoms with Crippen molar-refractivity contribution in [3.05, 3.63) is 42.2 Å². The smallest absolute Gasteiger partial charge is 0.274 e. The number of anilines is 2. The highest BCUT2D eigenvalue weighted by molar-refractivity contribution is 7.91. The Morgan fingerprint density at radius 2 is 2.04 bits per heavy atom. The van der Waals surface area contributed by atoms with Crippen molar-refractivity contribution in [2.45, 2.75) is 19.4 Å². The van der Waals surface area contributed by atoms with Gasteiger partial charge < -0.3 is 15.4 Å². The largest absolute Gasteiger partial charge is 0.494 e. The zero-order valence-electron chi connectivity index (χ0n) is 14.3. The first-order valence-corrected chi connectivity index (χ1v) is 10.1. The number of sulfone groups is 1. The molecule has 138 valence electrons. The van der Waals surface area contributed by atoms with Crippen LogP contribution in [0.3, 0.4) is 0 Å². The molecule has 0 spiro atoms. The number of hydrogen-bond donors (Lipinski definition) is 2. The lowest BCUT2D eigenvalue weighted by atomic mass is 10.2. The van der Waals surface area contributed by atoms with Crippen LogP contribution >= 0.6 is 0 Å². The number of rotatable bonds is 6. The molecule has 1 fully saturated rings. The average molecular weight is 376 g/mol. The second-order valence-corrected chi connectivity index (χ2v) is 8.15. The molecule has 2 N–H and O–H groups in total. The fourth-order valence-electron chi connectivity index (χ4n) is 2.64. The van der Waals surface area contributed by atoms with Gasteiger partial charge in [-0.1, -0.05) is 0 Å². The number of carbonyl (C=O) groups is 1. The van der Waals surface area contributed by atoms with Crippen molar-refractivity contribution in [1.82, 2.24) is 9.97 Å². The topological polar surface area (TPSA) is 110 Å². The van der Waals surface area contributed by atoms with E-state index in [-0.39, 0.29) is 35.1 Å². The van der Waals surface area contributed by atoms with E-state index >= 15 is 0 Å². The molecule has 1 amide bonds. The van der Waals surface area contributed by atoms with Crippen molar-refractivity contribution in [2.24, 2.45) is 0 Å². The highest BCUT2D eigenvalue weighted by atomic mass is 32.2. The van der Waals surface area contributed by atoms with Gasteiger partial charge in [0, 0.05) is 17.9 Å². The molecule has 0 radical (unpaired) electrons. The maximum Gasteiger partial charge on any atom is 0.274 e. The number of nitrogens with one attached hydrogen (secondary N) is 2.